The zero-order valence-electron chi connectivity index (χ0n) is 7.84. The van der Waals surface area contributed by atoms with Crippen molar-refractivity contribution in [3.05, 3.63) is 42.0 Å². The van der Waals surface area contributed by atoms with Gasteiger partial charge in [-0.2, -0.15) is 0 Å². The van der Waals surface area contributed by atoms with Crippen LogP contribution >= 0.6 is 0 Å². The normalized spacial score (nSPS) is 10.9. The summed E-state index contributed by atoms with van der Waals surface area (Å²) >= 11 is 0. The zero-order valence-corrected chi connectivity index (χ0v) is 7.84. The van der Waals surface area contributed by atoms with Crippen LogP contribution in [0.2, 0.25) is 0 Å². The number of fused-ring (bicyclic) bond motifs is 1. The van der Waals surface area contributed by atoms with Gasteiger partial charge in [0.2, 0.25) is 0 Å². The molecule has 0 aliphatic heterocycles. The molecule has 1 aromatic carbocycles. The maximum Gasteiger partial charge on any atom is 0.148 e. The summed E-state index contributed by atoms with van der Waals surface area (Å²) in [6, 6.07) is 7.90. The van der Waals surface area contributed by atoms with Crippen molar-refractivity contribution in [3.8, 4) is 0 Å². The molecule has 0 atom stereocenters. The molecule has 0 saturated carbocycles. The Bertz CT molecular complexity index is 537. The molecule has 3 aromatic rings. The van der Waals surface area contributed by atoms with E-state index in [1.165, 1.54) is 6.26 Å². The van der Waals surface area contributed by atoms with Crippen LogP contribution in [0.25, 0.3) is 11.0 Å². The van der Waals surface area contributed by atoms with Crippen molar-refractivity contribution in [3.63, 3.8) is 0 Å². The molecule has 0 saturated heterocycles. The summed E-state index contributed by atoms with van der Waals surface area (Å²) in [5.74, 6) is 0.868. The fraction of sp³-hybridized carbons (Fsp3) is 0.100. The van der Waals surface area contributed by atoms with E-state index >= 15 is 0 Å². The van der Waals surface area contributed by atoms with Crippen LogP contribution in [0.4, 0.5) is 0 Å². The molecule has 0 spiro atoms. The van der Waals surface area contributed by atoms with Crippen molar-refractivity contribution < 1.29 is 4.52 Å². The lowest BCUT2D eigenvalue weighted by atomic mass is 10.3. The van der Waals surface area contributed by atoms with Crippen LogP contribution in [-0.4, -0.2) is 20.3 Å². The standard InChI is InChI=1S/C10H8N4O/c1-2-4-9-8(3-1)11-10(12-9)5-7-6-15-14-13-7/h1-4,6H,5H2,(H,11,12). The number of H-pyrrole nitrogens is 1. The molecule has 0 unspecified atom stereocenters. The molecule has 2 heterocycles. The van der Waals surface area contributed by atoms with Crippen molar-refractivity contribution in [1.82, 2.24) is 20.3 Å². The Morgan fingerprint density at radius 3 is 3.00 bits per heavy atom. The molecule has 2 aromatic heterocycles. The van der Waals surface area contributed by atoms with Crippen LogP contribution in [0.3, 0.4) is 0 Å². The Morgan fingerprint density at radius 1 is 1.27 bits per heavy atom. The number of aromatic amines is 1. The maximum atomic E-state index is 4.66. The summed E-state index contributed by atoms with van der Waals surface area (Å²) in [7, 11) is 0. The van der Waals surface area contributed by atoms with Crippen molar-refractivity contribution in [2.75, 3.05) is 0 Å². The number of para-hydroxylation sites is 2. The van der Waals surface area contributed by atoms with E-state index < -0.39 is 0 Å². The minimum Gasteiger partial charge on any atom is -0.345 e. The molecule has 5 nitrogen and oxygen atoms in total. The molecule has 3 rings (SSSR count). The van der Waals surface area contributed by atoms with Crippen molar-refractivity contribution in [1.29, 1.82) is 0 Å². The van der Waals surface area contributed by atoms with Crippen LogP contribution < -0.4 is 0 Å². The van der Waals surface area contributed by atoms with Crippen LogP contribution in [0.15, 0.2) is 35.1 Å². The van der Waals surface area contributed by atoms with Gasteiger partial charge in [-0.1, -0.05) is 12.1 Å². The zero-order chi connectivity index (χ0) is 10.1. The minimum absolute atomic E-state index is 0.609. The number of rotatable bonds is 2. The van der Waals surface area contributed by atoms with Crippen molar-refractivity contribution in [2.24, 2.45) is 0 Å². The van der Waals surface area contributed by atoms with Gasteiger partial charge in [0.05, 0.1) is 17.5 Å². The Balaban J connectivity index is 1.98. The van der Waals surface area contributed by atoms with Crippen LogP contribution in [0.1, 0.15) is 11.5 Å². The number of nitrogens with one attached hydrogen (secondary N) is 1. The monoisotopic (exact) mass is 200 g/mol. The second-order valence-corrected chi connectivity index (χ2v) is 3.27. The molecule has 0 bridgehead atoms. The first-order chi connectivity index (χ1) is 7.42. The van der Waals surface area contributed by atoms with Crippen molar-refractivity contribution >= 4 is 11.0 Å². The number of aromatic nitrogens is 4. The Morgan fingerprint density at radius 2 is 2.20 bits per heavy atom. The summed E-state index contributed by atoms with van der Waals surface area (Å²) in [6.07, 6.45) is 2.13. The molecule has 0 aliphatic carbocycles. The number of nitrogens with zero attached hydrogens (tertiary/aromatic N) is 3. The molecule has 0 amide bonds. The Labute approximate surface area is 85.1 Å². The first kappa shape index (κ1) is 8.16. The second-order valence-electron chi connectivity index (χ2n) is 3.27. The maximum absolute atomic E-state index is 4.66. The molecular weight excluding hydrogens is 192 g/mol. The molecule has 15 heavy (non-hydrogen) atoms. The van der Waals surface area contributed by atoms with Gasteiger partial charge in [-0.25, -0.2) is 4.98 Å². The number of hydrogen-bond donors (Lipinski definition) is 1. The summed E-state index contributed by atoms with van der Waals surface area (Å²) < 4.78 is 4.66. The van der Waals surface area contributed by atoms with Gasteiger partial charge in [0, 0.05) is 5.27 Å². The van der Waals surface area contributed by atoms with E-state index in [0.717, 1.165) is 22.6 Å². The first-order valence-electron chi connectivity index (χ1n) is 4.61. The third-order valence-corrected chi connectivity index (χ3v) is 2.19. The third-order valence-electron chi connectivity index (χ3n) is 2.19. The largest absolute Gasteiger partial charge is 0.345 e. The average Bonchev–Trinajstić information content (AvgIpc) is 2.86. The topological polar surface area (TPSA) is 67.6 Å². The van der Waals surface area contributed by atoms with Gasteiger partial charge in [0.1, 0.15) is 17.8 Å². The van der Waals surface area contributed by atoms with E-state index in [1.54, 1.807) is 0 Å². The van der Waals surface area contributed by atoms with E-state index in [9.17, 15) is 0 Å². The first-order valence-corrected chi connectivity index (χ1v) is 4.61. The Hall–Kier alpha value is -2.17. The Kier molecular flexibility index (Phi) is 1.74. The summed E-state index contributed by atoms with van der Waals surface area (Å²) in [6.45, 7) is 0. The van der Waals surface area contributed by atoms with E-state index in [1.807, 2.05) is 24.3 Å². The highest BCUT2D eigenvalue weighted by Crippen LogP contribution is 2.12. The molecule has 1 N–H and O–H groups in total. The lowest BCUT2D eigenvalue weighted by Crippen LogP contribution is -1.90. The van der Waals surface area contributed by atoms with E-state index in [0.29, 0.717) is 6.42 Å². The van der Waals surface area contributed by atoms with Gasteiger partial charge in [-0.3, -0.25) is 0 Å². The molecule has 0 radical (unpaired) electrons. The van der Waals surface area contributed by atoms with Gasteiger partial charge >= 0.3 is 0 Å². The SMILES string of the molecule is c1ccc2[nH]c(Cc3conn3)nc2c1. The fourth-order valence-electron chi connectivity index (χ4n) is 1.52. The van der Waals surface area contributed by atoms with Crippen molar-refractivity contribution in [2.45, 2.75) is 6.42 Å². The fourth-order valence-corrected chi connectivity index (χ4v) is 1.52. The predicted octanol–water partition coefficient (Wildman–Crippen LogP) is 1.54. The van der Waals surface area contributed by atoms with E-state index in [-0.39, 0.29) is 0 Å². The van der Waals surface area contributed by atoms with Gasteiger partial charge in [-0.05, 0) is 12.1 Å². The van der Waals surface area contributed by atoms with Gasteiger partial charge in [0.15, 0.2) is 0 Å². The number of benzene rings is 1. The summed E-state index contributed by atoms with van der Waals surface area (Å²) in [5, 5.41) is 7.21. The van der Waals surface area contributed by atoms with E-state index in [2.05, 4.69) is 24.9 Å². The van der Waals surface area contributed by atoms with Gasteiger partial charge < -0.3 is 9.51 Å². The number of hydrogen-bond acceptors (Lipinski definition) is 4. The average molecular weight is 200 g/mol. The van der Waals surface area contributed by atoms with Gasteiger partial charge in [-0.15, -0.1) is 5.10 Å². The molecular formula is C10H8N4O. The summed E-state index contributed by atoms with van der Waals surface area (Å²) in [5.41, 5.74) is 2.77. The van der Waals surface area contributed by atoms with Crippen LogP contribution in [0.5, 0.6) is 0 Å². The smallest absolute Gasteiger partial charge is 0.148 e. The highest BCUT2D eigenvalue weighted by Gasteiger charge is 2.05. The van der Waals surface area contributed by atoms with Gasteiger partial charge in [0.25, 0.3) is 0 Å². The third kappa shape index (κ3) is 1.48. The minimum atomic E-state index is 0.609. The van der Waals surface area contributed by atoms with E-state index in [4.69, 9.17) is 0 Å². The second kappa shape index (κ2) is 3.20. The molecule has 74 valence electrons. The molecule has 0 aliphatic rings. The van der Waals surface area contributed by atoms with Crippen LogP contribution in [0, 0.1) is 0 Å². The molecule has 5 heteroatoms. The summed E-state index contributed by atoms with van der Waals surface area (Å²) in [4.78, 5) is 7.64. The lowest BCUT2D eigenvalue weighted by Gasteiger charge is -1.87. The number of imidazole rings is 1. The molecule has 0 fully saturated rings. The van der Waals surface area contributed by atoms with Crippen LogP contribution in [-0.2, 0) is 6.42 Å². The quantitative estimate of drug-likeness (QED) is 0.681. The highest BCUT2D eigenvalue weighted by atomic mass is 16.5. The highest BCUT2D eigenvalue weighted by molar-refractivity contribution is 5.74. The predicted molar refractivity (Wildman–Crippen MR) is 53.2 cm³/mol. The lowest BCUT2D eigenvalue weighted by molar-refractivity contribution is 0.392.